The van der Waals surface area contributed by atoms with E-state index in [1.165, 1.54) is 12.8 Å². The molecular weight excluding hydrogens is 212 g/mol. The van der Waals surface area contributed by atoms with Crippen molar-refractivity contribution < 1.29 is 4.79 Å². The van der Waals surface area contributed by atoms with E-state index in [1.807, 2.05) is 0 Å². The van der Waals surface area contributed by atoms with Gasteiger partial charge in [0.25, 0.3) is 0 Å². The number of rotatable bonds is 5. The van der Waals surface area contributed by atoms with E-state index in [2.05, 4.69) is 37.9 Å². The summed E-state index contributed by atoms with van der Waals surface area (Å²) in [5.41, 5.74) is 0.427. The third kappa shape index (κ3) is 2.65. The highest BCUT2D eigenvalue weighted by atomic mass is 16.2. The van der Waals surface area contributed by atoms with Crippen LogP contribution in [0.15, 0.2) is 0 Å². The molecule has 1 aliphatic carbocycles. The Labute approximate surface area is 105 Å². The van der Waals surface area contributed by atoms with Crippen LogP contribution in [0.4, 0.5) is 0 Å². The number of carbonyl (C=O) groups excluding carboxylic acids is 1. The van der Waals surface area contributed by atoms with Gasteiger partial charge in [-0.3, -0.25) is 10.1 Å². The van der Waals surface area contributed by atoms with E-state index in [-0.39, 0.29) is 6.17 Å². The van der Waals surface area contributed by atoms with Gasteiger partial charge in [-0.15, -0.1) is 0 Å². The minimum atomic E-state index is 0.277. The van der Waals surface area contributed by atoms with E-state index < -0.39 is 0 Å². The summed E-state index contributed by atoms with van der Waals surface area (Å²) in [6, 6.07) is 0. The zero-order chi connectivity index (χ0) is 12.6. The summed E-state index contributed by atoms with van der Waals surface area (Å²) in [6.45, 7) is 10.5. The van der Waals surface area contributed by atoms with Crippen molar-refractivity contribution in [3.05, 3.63) is 0 Å². The van der Waals surface area contributed by atoms with Crippen LogP contribution >= 0.6 is 0 Å². The minimum absolute atomic E-state index is 0.277. The number of hydrogen-bond donors (Lipinski definition) is 1. The summed E-state index contributed by atoms with van der Waals surface area (Å²) in [4.78, 5) is 14.1. The molecule has 1 heterocycles. The van der Waals surface area contributed by atoms with Crippen molar-refractivity contribution in [3.63, 3.8) is 0 Å². The van der Waals surface area contributed by atoms with Gasteiger partial charge in [0.15, 0.2) is 0 Å². The molecule has 0 aromatic heterocycles. The monoisotopic (exact) mass is 238 g/mol. The molecule has 0 aromatic rings. The number of amides is 1. The van der Waals surface area contributed by atoms with Gasteiger partial charge in [0.05, 0.1) is 12.7 Å². The quantitative estimate of drug-likeness (QED) is 0.796. The smallest absolute Gasteiger partial charge is 0.237 e. The van der Waals surface area contributed by atoms with E-state index in [4.69, 9.17) is 0 Å². The molecule has 1 saturated carbocycles. The van der Waals surface area contributed by atoms with Gasteiger partial charge in [-0.25, -0.2) is 0 Å². The molecule has 3 nitrogen and oxygen atoms in total. The largest absolute Gasteiger partial charge is 0.325 e. The number of carbonyl (C=O) groups is 1. The lowest BCUT2D eigenvalue weighted by Crippen LogP contribution is -2.42. The maximum absolute atomic E-state index is 12.0. The first-order chi connectivity index (χ1) is 7.94. The second-order valence-electron chi connectivity index (χ2n) is 6.56. The van der Waals surface area contributed by atoms with Gasteiger partial charge in [0.1, 0.15) is 0 Å². The Kier molecular flexibility index (Phi) is 3.48. The maximum Gasteiger partial charge on any atom is 0.237 e. The van der Waals surface area contributed by atoms with E-state index in [0.717, 1.165) is 13.0 Å². The predicted octanol–water partition coefficient (Wildman–Crippen LogP) is 2.23. The van der Waals surface area contributed by atoms with Crippen LogP contribution < -0.4 is 5.32 Å². The first-order valence-electron chi connectivity index (χ1n) is 6.97. The van der Waals surface area contributed by atoms with Gasteiger partial charge in [-0.05, 0) is 36.5 Å². The normalized spacial score (nSPS) is 27.3. The topological polar surface area (TPSA) is 32.3 Å². The van der Waals surface area contributed by atoms with Crippen molar-refractivity contribution >= 4 is 5.91 Å². The fourth-order valence-electron chi connectivity index (χ4n) is 2.86. The van der Waals surface area contributed by atoms with Gasteiger partial charge in [0.2, 0.25) is 5.91 Å². The molecule has 1 saturated heterocycles. The predicted molar refractivity (Wildman–Crippen MR) is 69.5 cm³/mol. The molecule has 17 heavy (non-hydrogen) atoms. The minimum Gasteiger partial charge on any atom is -0.325 e. The fourth-order valence-corrected chi connectivity index (χ4v) is 2.86. The summed E-state index contributed by atoms with van der Waals surface area (Å²) < 4.78 is 0. The van der Waals surface area contributed by atoms with Gasteiger partial charge in [-0.2, -0.15) is 0 Å². The van der Waals surface area contributed by atoms with E-state index in [9.17, 15) is 4.79 Å². The van der Waals surface area contributed by atoms with Crippen LogP contribution in [0.2, 0.25) is 0 Å². The fraction of sp³-hybridized carbons (Fsp3) is 0.929. The van der Waals surface area contributed by atoms with Gasteiger partial charge >= 0.3 is 0 Å². The second-order valence-corrected chi connectivity index (χ2v) is 6.56. The maximum atomic E-state index is 12.0. The van der Waals surface area contributed by atoms with Crippen molar-refractivity contribution in [2.45, 2.75) is 53.1 Å². The SMILES string of the molecule is CC(C)CC1NCC(=O)N1CC1(C(C)C)CC1. The number of hydrogen-bond acceptors (Lipinski definition) is 2. The molecule has 2 rings (SSSR count). The Bertz CT molecular complexity index is 295. The molecule has 1 aliphatic heterocycles. The molecule has 1 amide bonds. The van der Waals surface area contributed by atoms with Crippen molar-refractivity contribution in [3.8, 4) is 0 Å². The molecule has 0 bridgehead atoms. The molecule has 0 spiro atoms. The molecule has 0 radical (unpaired) electrons. The highest BCUT2D eigenvalue weighted by Crippen LogP contribution is 2.52. The number of nitrogens with one attached hydrogen (secondary N) is 1. The molecule has 1 unspecified atom stereocenters. The van der Waals surface area contributed by atoms with Crippen molar-refractivity contribution in [1.82, 2.24) is 10.2 Å². The Morgan fingerprint density at radius 1 is 1.35 bits per heavy atom. The van der Waals surface area contributed by atoms with Crippen LogP contribution in [0.25, 0.3) is 0 Å². The lowest BCUT2D eigenvalue weighted by molar-refractivity contribution is -0.129. The molecular formula is C14H26N2O. The molecule has 1 N–H and O–H groups in total. The summed E-state index contributed by atoms with van der Waals surface area (Å²) in [7, 11) is 0. The van der Waals surface area contributed by atoms with Gasteiger partial charge in [0, 0.05) is 6.54 Å². The molecule has 98 valence electrons. The van der Waals surface area contributed by atoms with E-state index in [0.29, 0.717) is 29.7 Å². The molecule has 2 fully saturated rings. The van der Waals surface area contributed by atoms with Crippen LogP contribution in [0.1, 0.15) is 47.0 Å². The zero-order valence-corrected chi connectivity index (χ0v) is 11.6. The first kappa shape index (κ1) is 12.9. The average Bonchev–Trinajstić information content (AvgIpc) is 2.94. The van der Waals surface area contributed by atoms with E-state index >= 15 is 0 Å². The third-order valence-corrected chi connectivity index (χ3v) is 4.48. The summed E-state index contributed by atoms with van der Waals surface area (Å²) in [5.74, 6) is 1.62. The Balaban J connectivity index is 1.99. The zero-order valence-electron chi connectivity index (χ0n) is 11.6. The third-order valence-electron chi connectivity index (χ3n) is 4.48. The van der Waals surface area contributed by atoms with Crippen LogP contribution in [0.5, 0.6) is 0 Å². The van der Waals surface area contributed by atoms with Crippen molar-refractivity contribution in [2.75, 3.05) is 13.1 Å². The molecule has 0 aromatic carbocycles. The first-order valence-corrected chi connectivity index (χ1v) is 6.97. The van der Waals surface area contributed by atoms with Crippen LogP contribution in [-0.4, -0.2) is 30.1 Å². The van der Waals surface area contributed by atoms with Crippen LogP contribution in [0, 0.1) is 17.3 Å². The highest BCUT2D eigenvalue weighted by molar-refractivity contribution is 5.80. The standard InChI is InChI=1S/C14H26N2O/c1-10(2)7-12-15-8-13(17)16(12)9-14(5-6-14)11(3)4/h10-12,15H,5-9H2,1-4H3. The summed E-state index contributed by atoms with van der Waals surface area (Å²) in [5, 5.41) is 3.35. The molecule has 3 heteroatoms. The van der Waals surface area contributed by atoms with Crippen molar-refractivity contribution in [1.29, 1.82) is 0 Å². The molecule has 1 atom stereocenters. The Hall–Kier alpha value is -0.570. The molecule has 2 aliphatic rings. The Morgan fingerprint density at radius 3 is 2.47 bits per heavy atom. The lowest BCUT2D eigenvalue weighted by Gasteiger charge is -2.31. The second kappa shape index (κ2) is 4.60. The summed E-state index contributed by atoms with van der Waals surface area (Å²) >= 11 is 0. The lowest BCUT2D eigenvalue weighted by atomic mass is 9.91. The van der Waals surface area contributed by atoms with E-state index in [1.54, 1.807) is 0 Å². The van der Waals surface area contributed by atoms with Crippen molar-refractivity contribution in [2.24, 2.45) is 17.3 Å². The highest BCUT2D eigenvalue weighted by Gasteiger charge is 2.49. The van der Waals surface area contributed by atoms with Gasteiger partial charge < -0.3 is 4.90 Å². The van der Waals surface area contributed by atoms with Crippen LogP contribution in [-0.2, 0) is 4.79 Å². The Morgan fingerprint density at radius 2 is 2.00 bits per heavy atom. The number of nitrogens with zero attached hydrogens (tertiary/aromatic N) is 1. The average molecular weight is 238 g/mol. The van der Waals surface area contributed by atoms with Crippen LogP contribution in [0.3, 0.4) is 0 Å². The summed E-state index contributed by atoms with van der Waals surface area (Å²) in [6.07, 6.45) is 3.93. The van der Waals surface area contributed by atoms with Gasteiger partial charge in [-0.1, -0.05) is 27.7 Å².